The van der Waals surface area contributed by atoms with Gasteiger partial charge in [-0.15, -0.1) is 0 Å². The first kappa shape index (κ1) is 17.7. The van der Waals surface area contributed by atoms with Gasteiger partial charge in [-0.1, -0.05) is 12.1 Å². The van der Waals surface area contributed by atoms with E-state index in [1.165, 1.54) is 0 Å². The lowest BCUT2D eigenvalue weighted by Gasteiger charge is -2.08. The molecule has 0 aliphatic carbocycles. The number of carbonyl (C=O) groups is 1. The number of hydrogen-bond acceptors (Lipinski definition) is 4. The van der Waals surface area contributed by atoms with E-state index in [0.717, 1.165) is 9.13 Å². The minimum absolute atomic E-state index is 0.130. The molecule has 0 radical (unpaired) electrons. The molecule has 0 heterocycles. The SMILES string of the molecule is COc1ccc(OCC(=O)N/N=C/c2cccc(I)c2)c(Br)c1. The zero-order valence-corrected chi connectivity index (χ0v) is 16.0. The van der Waals surface area contributed by atoms with E-state index >= 15 is 0 Å². The molecule has 1 amide bonds. The summed E-state index contributed by atoms with van der Waals surface area (Å²) in [5.74, 6) is 0.924. The lowest BCUT2D eigenvalue weighted by molar-refractivity contribution is -0.123. The molecule has 0 atom stereocenters. The molecule has 120 valence electrons. The number of carbonyl (C=O) groups excluding carboxylic acids is 1. The van der Waals surface area contributed by atoms with Crippen LogP contribution in [0, 0.1) is 3.57 Å². The topological polar surface area (TPSA) is 59.9 Å². The Kier molecular flexibility index (Phi) is 6.85. The summed E-state index contributed by atoms with van der Waals surface area (Å²) >= 11 is 5.58. The Balaban J connectivity index is 1.83. The third-order valence-corrected chi connectivity index (χ3v) is 4.04. The maximum absolute atomic E-state index is 11.7. The smallest absolute Gasteiger partial charge is 0.277 e. The molecule has 0 saturated heterocycles. The van der Waals surface area contributed by atoms with Crippen molar-refractivity contribution in [3.63, 3.8) is 0 Å². The molecule has 0 aromatic heterocycles. The lowest BCUT2D eigenvalue weighted by Crippen LogP contribution is -2.24. The van der Waals surface area contributed by atoms with E-state index in [4.69, 9.17) is 9.47 Å². The van der Waals surface area contributed by atoms with Crippen LogP contribution in [-0.4, -0.2) is 25.8 Å². The van der Waals surface area contributed by atoms with Crippen LogP contribution in [0.25, 0.3) is 0 Å². The van der Waals surface area contributed by atoms with Crippen LogP contribution in [0.4, 0.5) is 0 Å². The Bertz CT molecular complexity index is 722. The van der Waals surface area contributed by atoms with E-state index in [1.54, 1.807) is 31.5 Å². The molecule has 0 aliphatic rings. The Morgan fingerprint density at radius 3 is 2.87 bits per heavy atom. The number of amides is 1. The summed E-state index contributed by atoms with van der Waals surface area (Å²) in [6.07, 6.45) is 1.59. The van der Waals surface area contributed by atoms with Crippen molar-refractivity contribution in [2.24, 2.45) is 5.10 Å². The molecular formula is C16H14BrIN2O3. The molecular weight excluding hydrogens is 475 g/mol. The van der Waals surface area contributed by atoms with Crippen molar-refractivity contribution in [1.82, 2.24) is 5.43 Å². The summed E-state index contributed by atoms with van der Waals surface area (Å²) in [6, 6.07) is 13.0. The number of halogens is 2. The maximum atomic E-state index is 11.7. The molecule has 0 fully saturated rings. The molecule has 0 bridgehead atoms. The Hall–Kier alpha value is -1.61. The van der Waals surface area contributed by atoms with Crippen LogP contribution in [-0.2, 0) is 4.79 Å². The van der Waals surface area contributed by atoms with Crippen LogP contribution >= 0.6 is 38.5 Å². The van der Waals surface area contributed by atoms with Gasteiger partial charge in [-0.05, 0) is 74.4 Å². The summed E-state index contributed by atoms with van der Waals surface area (Å²) in [7, 11) is 1.58. The zero-order chi connectivity index (χ0) is 16.7. The van der Waals surface area contributed by atoms with Gasteiger partial charge in [0.05, 0.1) is 17.8 Å². The molecule has 23 heavy (non-hydrogen) atoms. The summed E-state index contributed by atoms with van der Waals surface area (Å²) in [6.45, 7) is -0.130. The van der Waals surface area contributed by atoms with Crippen molar-refractivity contribution in [2.45, 2.75) is 0 Å². The van der Waals surface area contributed by atoms with Crippen LogP contribution in [0.1, 0.15) is 5.56 Å². The molecule has 2 rings (SSSR count). The second-order valence-corrected chi connectivity index (χ2v) is 6.53. The van der Waals surface area contributed by atoms with Crippen molar-refractivity contribution in [3.8, 4) is 11.5 Å². The van der Waals surface area contributed by atoms with Crippen molar-refractivity contribution >= 4 is 50.6 Å². The molecule has 1 N–H and O–H groups in total. The number of rotatable bonds is 6. The maximum Gasteiger partial charge on any atom is 0.277 e. The van der Waals surface area contributed by atoms with Crippen LogP contribution in [0.2, 0.25) is 0 Å². The fourth-order valence-corrected chi connectivity index (χ4v) is 2.71. The highest BCUT2D eigenvalue weighted by atomic mass is 127. The van der Waals surface area contributed by atoms with Gasteiger partial charge in [-0.2, -0.15) is 5.10 Å². The molecule has 2 aromatic carbocycles. The summed E-state index contributed by atoms with van der Waals surface area (Å²) in [5.41, 5.74) is 3.34. The second kappa shape index (κ2) is 8.88. The number of nitrogens with zero attached hydrogens (tertiary/aromatic N) is 1. The highest BCUT2D eigenvalue weighted by Gasteiger charge is 2.06. The van der Waals surface area contributed by atoms with Gasteiger partial charge in [0, 0.05) is 3.57 Å². The predicted octanol–water partition coefficient (Wildman–Crippen LogP) is 3.59. The molecule has 0 saturated carbocycles. The number of benzene rings is 2. The Morgan fingerprint density at radius 1 is 1.35 bits per heavy atom. The summed E-state index contributed by atoms with van der Waals surface area (Å²) < 4.78 is 12.3. The standard InChI is InChI=1S/C16H14BrIN2O3/c1-22-13-5-6-15(14(17)8-13)23-10-16(21)20-19-9-11-3-2-4-12(18)7-11/h2-9H,10H2,1H3,(H,20,21)/b19-9+. The largest absolute Gasteiger partial charge is 0.497 e. The average Bonchev–Trinajstić information content (AvgIpc) is 2.53. The number of ether oxygens (including phenoxy) is 2. The predicted molar refractivity (Wildman–Crippen MR) is 101 cm³/mol. The third-order valence-electron chi connectivity index (χ3n) is 2.75. The van der Waals surface area contributed by atoms with Crippen LogP contribution in [0.3, 0.4) is 0 Å². The zero-order valence-electron chi connectivity index (χ0n) is 12.3. The van der Waals surface area contributed by atoms with Crippen LogP contribution < -0.4 is 14.9 Å². The summed E-state index contributed by atoms with van der Waals surface area (Å²) in [5, 5.41) is 3.91. The first-order valence-corrected chi connectivity index (χ1v) is 8.49. The quantitative estimate of drug-likeness (QED) is 0.384. The fraction of sp³-hybridized carbons (Fsp3) is 0.125. The fourth-order valence-electron chi connectivity index (χ4n) is 1.67. The number of nitrogens with one attached hydrogen (secondary N) is 1. The minimum Gasteiger partial charge on any atom is -0.497 e. The van der Waals surface area contributed by atoms with E-state index < -0.39 is 0 Å². The van der Waals surface area contributed by atoms with E-state index in [0.29, 0.717) is 16.0 Å². The van der Waals surface area contributed by atoms with E-state index in [2.05, 4.69) is 49.0 Å². The average molecular weight is 489 g/mol. The van der Waals surface area contributed by atoms with Crippen molar-refractivity contribution < 1.29 is 14.3 Å². The van der Waals surface area contributed by atoms with Gasteiger partial charge in [-0.25, -0.2) is 5.43 Å². The van der Waals surface area contributed by atoms with Crippen LogP contribution in [0.5, 0.6) is 11.5 Å². The van der Waals surface area contributed by atoms with Gasteiger partial charge >= 0.3 is 0 Å². The molecule has 0 unspecified atom stereocenters. The number of hydrazone groups is 1. The first-order valence-electron chi connectivity index (χ1n) is 6.62. The number of methoxy groups -OCH3 is 1. The van der Waals surface area contributed by atoms with E-state index in [1.807, 2.05) is 24.3 Å². The van der Waals surface area contributed by atoms with Crippen molar-refractivity contribution in [2.75, 3.05) is 13.7 Å². The van der Waals surface area contributed by atoms with Crippen LogP contribution in [0.15, 0.2) is 52.0 Å². The Labute approximate surface area is 156 Å². The lowest BCUT2D eigenvalue weighted by atomic mass is 10.2. The molecule has 2 aromatic rings. The van der Waals surface area contributed by atoms with Crippen molar-refractivity contribution in [1.29, 1.82) is 0 Å². The van der Waals surface area contributed by atoms with Gasteiger partial charge in [-0.3, -0.25) is 4.79 Å². The monoisotopic (exact) mass is 488 g/mol. The highest BCUT2D eigenvalue weighted by Crippen LogP contribution is 2.28. The Morgan fingerprint density at radius 2 is 2.17 bits per heavy atom. The van der Waals surface area contributed by atoms with Gasteiger partial charge in [0.1, 0.15) is 11.5 Å². The first-order chi connectivity index (χ1) is 11.1. The normalized spacial score (nSPS) is 10.6. The molecule has 5 nitrogen and oxygen atoms in total. The second-order valence-electron chi connectivity index (χ2n) is 4.43. The molecule has 7 heteroatoms. The van der Waals surface area contributed by atoms with E-state index in [-0.39, 0.29) is 12.5 Å². The highest BCUT2D eigenvalue weighted by molar-refractivity contribution is 14.1. The molecule has 0 aliphatic heterocycles. The van der Waals surface area contributed by atoms with E-state index in [9.17, 15) is 4.79 Å². The summed E-state index contributed by atoms with van der Waals surface area (Å²) in [4.78, 5) is 11.7. The number of hydrogen-bond donors (Lipinski definition) is 1. The van der Waals surface area contributed by atoms with Crippen molar-refractivity contribution in [3.05, 3.63) is 56.1 Å². The van der Waals surface area contributed by atoms with Gasteiger partial charge in [0.25, 0.3) is 5.91 Å². The van der Waals surface area contributed by atoms with Gasteiger partial charge in [0.2, 0.25) is 0 Å². The third kappa shape index (κ3) is 5.83. The van der Waals surface area contributed by atoms with Gasteiger partial charge in [0.15, 0.2) is 6.61 Å². The van der Waals surface area contributed by atoms with Gasteiger partial charge < -0.3 is 9.47 Å². The molecule has 0 spiro atoms. The minimum atomic E-state index is -0.338.